The Morgan fingerprint density at radius 1 is 0.971 bits per heavy atom. The number of hydrogen-bond acceptors (Lipinski definition) is 4. The second-order valence-corrected chi connectivity index (χ2v) is 9.89. The van der Waals surface area contributed by atoms with Crippen LogP contribution < -0.4 is 10.0 Å². The van der Waals surface area contributed by atoms with Crippen LogP contribution in [-0.2, 0) is 10.0 Å². The van der Waals surface area contributed by atoms with Crippen molar-refractivity contribution < 1.29 is 13.2 Å². The van der Waals surface area contributed by atoms with E-state index in [1.54, 1.807) is 55.6 Å². The number of para-hydroxylation sites is 1. The zero-order valence-corrected chi connectivity index (χ0v) is 20.4. The van der Waals surface area contributed by atoms with Crippen molar-refractivity contribution in [2.24, 2.45) is 0 Å². The van der Waals surface area contributed by atoms with Gasteiger partial charge < -0.3 is 9.88 Å². The summed E-state index contributed by atoms with van der Waals surface area (Å²) in [5.74, 6) is 0.368. The normalized spacial score (nSPS) is 11.3. The van der Waals surface area contributed by atoms with Crippen molar-refractivity contribution in [2.45, 2.75) is 25.7 Å². The molecule has 0 saturated carbocycles. The van der Waals surface area contributed by atoms with E-state index < -0.39 is 10.0 Å². The van der Waals surface area contributed by atoms with E-state index in [2.05, 4.69) is 15.0 Å². The fourth-order valence-corrected chi connectivity index (χ4v) is 5.33. The molecule has 2 heterocycles. The van der Waals surface area contributed by atoms with Crippen molar-refractivity contribution in [3.63, 3.8) is 0 Å². The molecule has 4 rings (SSSR count). The zero-order chi connectivity index (χ0) is 24.5. The van der Waals surface area contributed by atoms with Crippen LogP contribution >= 0.6 is 11.6 Å². The summed E-state index contributed by atoms with van der Waals surface area (Å²) < 4.78 is 30.5. The van der Waals surface area contributed by atoms with E-state index in [1.165, 1.54) is 6.07 Å². The maximum atomic E-state index is 13.1. The number of hydrogen-bond donors (Lipinski definition) is 2. The number of aryl methyl sites for hydroxylation is 2. The van der Waals surface area contributed by atoms with Crippen molar-refractivity contribution in [2.75, 3.05) is 10.0 Å². The molecule has 0 atom stereocenters. The van der Waals surface area contributed by atoms with Crippen molar-refractivity contribution in [1.29, 1.82) is 0 Å². The van der Waals surface area contributed by atoms with Crippen LogP contribution in [0.3, 0.4) is 0 Å². The van der Waals surface area contributed by atoms with Crippen LogP contribution in [0.4, 0.5) is 11.4 Å². The molecule has 0 saturated heterocycles. The fourth-order valence-electron chi connectivity index (χ4n) is 3.74. The number of amides is 1. The standard InChI is InChI=1S/C25H23ClN4O3S/c1-16-11-12-19(15-23(16)34(32,33)29-22-9-5-4-8-21(22)26)28-25(31)20-14-17(2)30(18(20)3)24-10-6-7-13-27-24/h4-15,29H,1-3H3,(H,28,31). The van der Waals surface area contributed by atoms with Gasteiger partial charge in [-0.2, -0.15) is 0 Å². The van der Waals surface area contributed by atoms with Crippen molar-refractivity contribution >= 4 is 38.9 Å². The molecule has 0 aliphatic rings. The molecule has 4 aromatic rings. The topological polar surface area (TPSA) is 93.1 Å². The monoisotopic (exact) mass is 494 g/mol. The summed E-state index contributed by atoms with van der Waals surface area (Å²) in [6.45, 7) is 5.43. The summed E-state index contributed by atoms with van der Waals surface area (Å²) in [7, 11) is -3.93. The van der Waals surface area contributed by atoms with Crippen LogP contribution in [0.5, 0.6) is 0 Å². The number of nitrogens with zero attached hydrogens (tertiary/aromatic N) is 2. The lowest BCUT2D eigenvalue weighted by molar-refractivity contribution is 0.102. The van der Waals surface area contributed by atoms with E-state index >= 15 is 0 Å². The molecule has 0 bridgehead atoms. The summed E-state index contributed by atoms with van der Waals surface area (Å²) in [4.78, 5) is 17.5. The molecular formula is C25H23ClN4O3S. The number of sulfonamides is 1. The molecule has 2 aromatic heterocycles. The van der Waals surface area contributed by atoms with Crippen LogP contribution in [0.1, 0.15) is 27.3 Å². The lowest BCUT2D eigenvalue weighted by atomic mass is 10.2. The van der Waals surface area contributed by atoms with Crippen LogP contribution in [0, 0.1) is 20.8 Å². The van der Waals surface area contributed by atoms with E-state index in [9.17, 15) is 13.2 Å². The van der Waals surface area contributed by atoms with E-state index in [1.807, 2.05) is 36.6 Å². The first-order chi connectivity index (χ1) is 16.2. The molecule has 0 aliphatic heterocycles. The van der Waals surface area contributed by atoms with Gasteiger partial charge in [-0.15, -0.1) is 0 Å². The molecule has 34 heavy (non-hydrogen) atoms. The van der Waals surface area contributed by atoms with Gasteiger partial charge in [-0.05, 0) is 68.8 Å². The molecule has 9 heteroatoms. The predicted octanol–water partition coefficient (Wildman–Crippen LogP) is 5.50. The van der Waals surface area contributed by atoms with Crippen LogP contribution in [0.25, 0.3) is 5.82 Å². The lowest BCUT2D eigenvalue weighted by Gasteiger charge is -2.13. The average Bonchev–Trinajstić information content (AvgIpc) is 3.11. The van der Waals surface area contributed by atoms with Gasteiger partial charge in [0.15, 0.2) is 0 Å². The molecule has 0 fully saturated rings. The van der Waals surface area contributed by atoms with Gasteiger partial charge in [0.2, 0.25) is 0 Å². The summed E-state index contributed by atoms with van der Waals surface area (Å²) >= 11 is 6.11. The van der Waals surface area contributed by atoms with Gasteiger partial charge in [0.25, 0.3) is 15.9 Å². The highest BCUT2D eigenvalue weighted by Crippen LogP contribution is 2.27. The number of nitrogens with one attached hydrogen (secondary N) is 2. The molecular weight excluding hydrogens is 472 g/mol. The third kappa shape index (κ3) is 4.69. The highest BCUT2D eigenvalue weighted by Gasteiger charge is 2.21. The quantitative estimate of drug-likeness (QED) is 0.370. The Hall–Kier alpha value is -3.62. The number of pyridine rings is 1. The minimum atomic E-state index is -3.93. The van der Waals surface area contributed by atoms with Crippen molar-refractivity contribution in [1.82, 2.24) is 9.55 Å². The Balaban J connectivity index is 1.62. The van der Waals surface area contributed by atoms with Gasteiger partial charge in [-0.25, -0.2) is 13.4 Å². The van der Waals surface area contributed by atoms with E-state index in [0.717, 1.165) is 11.4 Å². The minimum absolute atomic E-state index is 0.0455. The number of aromatic nitrogens is 2. The molecule has 0 spiro atoms. The molecule has 174 valence electrons. The number of carbonyl (C=O) groups is 1. The Kier molecular flexibility index (Phi) is 6.45. The van der Waals surface area contributed by atoms with Gasteiger partial charge >= 0.3 is 0 Å². The first-order valence-corrected chi connectivity index (χ1v) is 12.3. The van der Waals surface area contributed by atoms with Crippen LogP contribution in [-0.4, -0.2) is 23.9 Å². The number of carbonyl (C=O) groups excluding carboxylic acids is 1. The first kappa shape index (κ1) is 23.5. The van der Waals surface area contributed by atoms with Gasteiger partial charge in [-0.1, -0.05) is 35.9 Å². The summed E-state index contributed by atoms with van der Waals surface area (Å²) in [5.41, 5.74) is 3.23. The van der Waals surface area contributed by atoms with Crippen molar-refractivity contribution in [3.05, 3.63) is 100 Å². The Bertz CT molecular complexity index is 1480. The average molecular weight is 495 g/mol. The predicted molar refractivity (Wildman–Crippen MR) is 134 cm³/mol. The summed E-state index contributed by atoms with van der Waals surface area (Å²) in [6, 6.07) is 18.7. The molecule has 7 nitrogen and oxygen atoms in total. The van der Waals surface area contributed by atoms with E-state index in [4.69, 9.17) is 11.6 Å². The van der Waals surface area contributed by atoms with Crippen LogP contribution in [0.15, 0.2) is 77.8 Å². The lowest BCUT2D eigenvalue weighted by Crippen LogP contribution is -2.17. The maximum Gasteiger partial charge on any atom is 0.262 e. The SMILES string of the molecule is Cc1ccc(NC(=O)c2cc(C)n(-c3ccccn3)c2C)cc1S(=O)(=O)Nc1ccccc1Cl. The number of halogens is 1. The highest BCUT2D eigenvalue weighted by atomic mass is 35.5. The molecule has 0 aliphatic carbocycles. The number of benzene rings is 2. The Morgan fingerprint density at radius 2 is 1.71 bits per heavy atom. The zero-order valence-electron chi connectivity index (χ0n) is 18.8. The summed E-state index contributed by atoms with van der Waals surface area (Å²) in [6.07, 6.45) is 1.69. The third-order valence-electron chi connectivity index (χ3n) is 5.41. The largest absolute Gasteiger partial charge is 0.322 e. The highest BCUT2D eigenvalue weighted by molar-refractivity contribution is 7.92. The summed E-state index contributed by atoms with van der Waals surface area (Å²) in [5, 5.41) is 3.10. The van der Waals surface area contributed by atoms with Gasteiger partial charge in [-0.3, -0.25) is 9.52 Å². The Labute approximate surface area is 203 Å². The molecule has 0 radical (unpaired) electrons. The maximum absolute atomic E-state index is 13.1. The van der Waals surface area contributed by atoms with E-state index in [-0.39, 0.29) is 21.5 Å². The van der Waals surface area contributed by atoms with Crippen LogP contribution in [0.2, 0.25) is 5.02 Å². The minimum Gasteiger partial charge on any atom is -0.322 e. The third-order valence-corrected chi connectivity index (χ3v) is 7.24. The van der Waals surface area contributed by atoms with Gasteiger partial charge in [0, 0.05) is 23.3 Å². The molecule has 2 aromatic carbocycles. The molecule has 0 unspecified atom stereocenters. The Morgan fingerprint density at radius 3 is 2.41 bits per heavy atom. The number of rotatable bonds is 6. The number of anilines is 2. The molecule has 1 amide bonds. The van der Waals surface area contributed by atoms with E-state index in [0.29, 0.717) is 22.6 Å². The molecule has 2 N–H and O–H groups in total. The fraction of sp³-hybridized carbons (Fsp3) is 0.120. The first-order valence-electron chi connectivity index (χ1n) is 10.5. The van der Waals surface area contributed by atoms with Crippen molar-refractivity contribution in [3.8, 4) is 5.82 Å². The van der Waals surface area contributed by atoms with Gasteiger partial charge in [0.05, 0.1) is 21.2 Å². The van der Waals surface area contributed by atoms with Gasteiger partial charge in [0.1, 0.15) is 5.82 Å². The smallest absolute Gasteiger partial charge is 0.262 e. The second kappa shape index (κ2) is 9.32. The second-order valence-electron chi connectivity index (χ2n) is 7.83.